The predicted octanol–water partition coefficient (Wildman–Crippen LogP) is 2.41. The van der Waals surface area contributed by atoms with Gasteiger partial charge in [-0.15, -0.1) is 0 Å². The van der Waals surface area contributed by atoms with Gasteiger partial charge in [0, 0.05) is 0 Å². The molecule has 0 aliphatic carbocycles. The Balaban J connectivity index is 2.02. The minimum atomic E-state index is -0.701. The van der Waals surface area contributed by atoms with Gasteiger partial charge in [0.05, 0.1) is 0 Å². The van der Waals surface area contributed by atoms with E-state index in [0.717, 1.165) is 37.4 Å². The summed E-state index contributed by atoms with van der Waals surface area (Å²) in [4.78, 5) is 13.6. The van der Waals surface area contributed by atoms with E-state index in [1.807, 2.05) is 30.3 Å². The molecule has 1 aromatic carbocycles. The van der Waals surface area contributed by atoms with Crippen LogP contribution in [0.3, 0.4) is 0 Å². The smallest absolute Gasteiger partial charge is 0.321 e. The molecule has 1 fully saturated rings. The standard InChI is InChI=1S/C15H21NO2/c1-12-7-9-16(10-8-12)14(15(17)18)11-13-5-3-2-4-6-13/h2-6,12,14H,7-11H2,1H3,(H,17,18). The third kappa shape index (κ3) is 3.33. The number of rotatable bonds is 4. The second-order valence-electron chi connectivity index (χ2n) is 5.26. The third-order valence-electron chi connectivity index (χ3n) is 3.82. The van der Waals surface area contributed by atoms with Crippen LogP contribution < -0.4 is 0 Å². The molecule has 98 valence electrons. The summed E-state index contributed by atoms with van der Waals surface area (Å²) in [6.45, 7) is 4.06. The first-order chi connectivity index (χ1) is 8.66. The number of carboxylic acid groups (broad SMARTS) is 1. The second kappa shape index (κ2) is 6.01. The average molecular weight is 247 g/mol. The third-order valence-corrected chi connectivity index (χ3v) is 3.82. The quantitative estimate of drug-likeness (QED) is 0.888. The number of piperidine rings is 1. The molecule has 0 spiro atoms. The first kappa shape index (κ1) is 13.1. The van der Waals surface area contributed by atoms with Crippen molar-refractivity contribution in [3.05, 3.63) is 35.9 Å². The highest BCUT2D eigenvalue weighted by Crippen LogP contribution is 2.20. The minimum absolute atomic E-state index is 0.375. The van der Waals surface area contributed by atoms with E-state index >= 15 is 0 Å². The summed E-state index contributed by atoms with van der Waals surface area (Å²) < 4.78 is 0. The lowest BCUT2D eigenvalue weighted by Crippen LogP contribution is -2.46. The van der Waals surface area contributed by atoms with Crippen molar-refractivity contribution in [1.82, 2.24) is 4.90 Å². The van der Waals surface area contributed by atoms with Crippen LogP contribution in [0, 0.1) is 5.92 Å². The van der Waals surface area contributed by atoms with E-state index in [1.165, 1.54) is 0 Å². The highest BCUT2D eigenvalue weighted by molar-refractivity contribution is 5.74. The van der Waals surface area contributed by atoms with Crippen molar-refractivity contribution >= 4 is 5.97 Å². The van der Waals surface area contributed by atoms with Gasteiger partial charge in [-0.2, -0.15) is 0 Å². The topological polar surface area (TPSA) is 40.5 Å². The van der Waals surface area contributed by atoms with Crippen molar-refractivity contribution in [1.29, 1.82) is 0 Å². The molecule has 1 unspecified atom stereocenters. The molecule has 0 aromatic heterocycles. The van der Waals surface area contributed by atoms with Crippen LogP contribution in [-0.4, -0.2) is 35.1 Å². The van der Waals surface area contributed by atoms with Crippen molar-refractivity contribution in [2.75, 3.05) is 13.1 Å². The largest absolute Gasteiger partial charge is 0.480 e. The van der Waals surface area contributed by atoms with Gasteiger partial charge in [-0.25, -0.2) is 0 Å². The molecule has 3 nitrogen and oxygen atoms in total. The van der Waals surface area contributed by atoms with Gasteiger partial charge < -0.3 is 5.11 Å². The summed E-state index contributed by atoms with van der Waals surface area (Å²) >= 11 is 0. The molecule has 1 aliphatic rings. The fraction of sp³-hybridized carbons (Fsp3) is 0.533. The molecular formula is C15H21NO2. The Morgan fingerprint density at radius 2 is 1.94 bits per heavy atom. The maximum Gasteiger partial charge on any atom is 0.321 e. The van der Waals surface area contributed by atoms with E-state index in [2.05, 4.69) is 11.8 Å². The molecule has 2 rings (SSSR count). The lowest BCUT2D eigenvalue weighted by molar-refractivity contribution is -0.143. The number of hydrogen-bond acceptors (Lipinski definition) is 2. The lowest BCUT2D eigenvalue weighted by atomic mass is 9.96. The van der Waals surface area contributed by atoms with Crippen LogP contribution in [-0.2, 0) is 11.2 Å². The Hall–Kier alpha value is -1.35. The van der Waals surface area contributed by atoms with E-state index in [4.69, 9.17) is 0 Å². The second-order valence-corrected chi connectivity index (χ2v) is 5.26. The van der Waals surface area contributed by atoms with Crippen molar-refractivity contribution in [2.24, 2.45) is 5.92 Å². The molecule has 1 heterocycles. The monoisotopic (exact) mass is 247 g/mol. The van der Waals surface area contributed by atoms with Crippen LogP contribution >= 0.6 is 0 Å². The van der Waals surface area contributed by atoms with Gasteiger partial charge in [-0.05, 0) is 43.8 Å². The van der Waals surface area contributed by atoms with Crippen molar-refractivity contribution in [3.63, 3.8) is 0 Å². The number of carboxylic acids is 1. The zero-order valence-corrected chi connectivity index (χ0v) is 10.9. The fourth-order valence-electron chi connectivity index (χ4n) is 2.55. The Kier molecular flexibility index (Phi) is 4.37. The molecule has 0 bridgehead atoms. The molecule has 1 N–H and O–H groups in total. The number of carbonyl (C=O) groups is 1. The summed E-state index contributed by atoms with van der Waals surface area (Å²) in [5, 5.41) is 9.41. The summed E-state index contributed by atoms with van der Waals surface area (Å²) in [6, 6.07) is 9.52. The maximum atomic E-state index is 11.4. The molecule has 18 heavy (non-hydrogen) atoms. The van der Waals surface area contributed by atoms with Crippen molar-refractivity contribution in [2.45, 2.75) is 32.2 Å². The molecule has 1 atom stereocenters. The highest BCUT2D eigenvalue weighted by Gasteiger charge is 2.28. The van der Waals surface area contributed by atoms with E-state index in [1.54, 1.807) is 0 Å². The zero-order chi connectivity index (χ0) is 13.0. The van der Waals surface area contributed by atoms with Crippen LogP contribution in [0.5, 0.6) is 0 Å². The van der Waals surface area contributed by atoms with Gasteiger partial charge >= 0.3 is 5.97 Å². The molecule has 1 saturated heterocycles. The Labute approximate surface area is 108 Å². The van der Waals surface area contributed by atoms with E-state index < -0.39 is 5.97 Å². The van der Waals surface area contributed by atoms with Crippen LogP contribution in [0.4, 0.5) is 0 Å². The Morgan fingerprint density at radius 1 is 1.33 bits per heavy atom. The minimum Gasteiger partial charge on any atom is -0.480 e. The summed E-state index contributed by atoms with van der Waals surface area (Å²) in [5.74, 6) is 0.0285. The zero-order valence-electron chi connectivity index (χ0n) is 10.9. The highest BCUT2D eigenvalue weighted by atomic mass is 16.4. The van der Waals surface area contributed by atoms with Crippen molar-refractivity contribution in [3.8, 4) is 0 Å². The van der Waals surface area contributed by atoms with E-state index in [9.17, 15) is 9.90 Å². The van der Waals surface area contributed by atoms with Crippen LogP contribution in [0.25, 0.3) is 0 Å². The van der Waals surface area contributed by atoms with Crippen molar-refractivity contribution < 1.29 is 9.90 Å². The van der Waals surface area contributed by atoms with Gasteiger partial charge in [-0.1, -0.05) is 37.3 Å². The summed E-state index contributed by atoms with van der Waals surface area (Å²) in [6.07, 6.45) is 2.82. The van der Waals surface area contributed by atoms with Crippen LogP contribution in [0.1, 0.15) is 25.3 Å². The predicted molar refractivity (Wildman–Crippen MR) is 71.5 cm³/mol. The normalized spacial score (nSPS) is 19.6. The lowest BCUT2D eigenvalue weighted by Gasteiger charge is -2.34. The van der Waals surface area contributed by atoms with Gasteiger partial charge in [0.15, 0.2) is 0 Å². The molecule has 0 radical (unpaired) electrons. The van der Waals surface area contributed by atoms with Crippen LogP contribution in [0.15, 0.2) is 30.3 Å². The number of nitrogens with zero attached hydrogens (tertiary/aromatic N) is 1. The molecule has 0 amide bonds. The fourth-order valence-corrected chi connectivity index (χ4v) is 2.55. The van der Waals surface area contributed by atoms with Gasteiger partial charge in [0.1, 0.15) is 6.04 Å². The number of aliphatic carboxylic acids is 1. The van der Waals surface area contributed by atoms with E-state index in [0.29, 0.717) is 6.42 Å². The number of likely N-dealkylation sites (tertiary alicyclic amines) is 1. The molecule has 3 heteroatoms. The summed E-state index contributed by atoms with van der Waals surface area (Å²) in [7, 11) is 0. The molecule has 1 aromatic rings. The Bertz CT molecular complexity index is 383. The van der Waals surface area contributed by atoms with E-state index in [-0.39, 0.29) is 6.04 Å². The average Bonchev–Trinajstić information content (AvgIpc) is 2.38. The summed E-state index contributed by atoms with van der Waals surface area (Å²) in [5.41, 5.74) is 1.10. The molecular weight excluding hydrogens is 226 g/mol. The van der Waals surface area contributed by atoms with Gasteiger partial charge in [-0.3, -0.25) is 9.69 Å². The first-order valence-electron chi connectivity index (χ1n) is 6.67. The molecule has 0 saturated carbocycles. The molecule has 1 aliphatic heterocycles. The number of hydrogen-bond donors (Lipinski definition) is 1. The van der Waals surface area contributed by atoms with Gasteiger partial charge in [0.2, 0.25) is 0 Å². The Morgan fingerprint density at radius 3 is 2.50 bits per heavy atom. The first-order valence-corrected chi connectivity index (χ1v) is 6.67. The van der Waals surface area contributed by atoms with Crippen LogP contribution in [0.2, 0.25) is 0 Å². The maximum absolute atomic E-state index is 11.4. The van der Waals surface area contributed by atoms with Gasteiger partial charge in [0.25, 0.3) is 0 Å². The SMILES string of the molecule is CC1CCN(C(Cc2ccccc2)C(=O)O)CC1. The number of benzene rings is 1.